The van der Waals surface area contributed by atoms with Gasteiger partial charge in [-0.1, -0.05) is 12.1 Å². The summed E-state index contributed by atoms with van der Waals surface area (Å²) < 4.78 is 2.13. The molecule has 3 rings (SSSR count). The van der Waals surface area contributed by atoms with Crippen LogP contribution in [0.1, 0.15) is 25.3 Å². The van der Waals surface area contributed by atoms with Crippen molar-refractivity contribution >= 4 is 10.9 Å². The number of fused-ring (bicyclic) bond motifs is 1. The molecule has 3 heteroatoms. The second-order valence-electron chi connectivity index (χ2n) is 5.37. The minimum absolute atomic E-state index is 0.311. The van der Waals surface area contributed by atoms with Crippen LogP contribution < -0.4 is 5.32 Å². The number of benzene rings is 1. The van der Waals surface area contributed by atoms with Gasteiger partial charge in [-0.3, -0.25) is 0 Å². The number of nitrogens with one attached hydrogen (secondary N) is 1. The maximum atomic E-state index is 9.50. The first-order chi connectivity index (χ1) is 8.72. The van der Waals surface area contributed by atoms with Crippen molar-refractivity contribution in [3.05, 3.63) is 36.0 Å². The van der Waals surface area contributed by atoms with Crippen LogP contribution in [0.25, 0.3) is 10.9 Å². The normalized spacial score (nSPS) is 17.2. The zero-order valence-electron chi connectivity index (χ0n) is 10.8. The monoisotopic (exact) mass is 244 g/mol. The van der Waals surface area contributed by atoms with Gasteiger partial charge in [0.05, 0.1) is 6.10 Å². The highest BCUT2D eigenvalue weighted by Gasteiger charge is 2.19. The average Bonchev–Trinajstić information content (AvgIpc) is 3.10. The molecule has 1 aromatic heterocycles. The zero-order valence-corrected chi connectivity index (χ0v) is 10.8. The Labute approximate surface area is 107 Å². The van der Waals surface area contributed by atoms with Gasteiger partial charge in [0.2, 0.25) is 0 Å². The Kier molecular flexibility index (Phi) is 3.10. The Balaban J connectivity index is 1.83. The summed E-state index contributed by atoms with van der Waals surface area (Å²) in [4.78, 5) is 0. The Morgan fingerprint density at radius 1 is 1.39 bits per heavy atom. The molecule has 0 saturated heterocycles. The van der Waals surface area contributed by atoms with Gasteiger partial charge in [0, 0.05) is 30.8 Å². The van der Waals surface area contributed by atoms with Gasteiger partial charge in [0.1, 0.15) is 0 Å². The summed E-state index contributed by atoms with van der Waals surface area (Å²) in [6, 6.07) is 9.43. The van der Waals surface area contributed by atoms with Crippen LogP contribution in [0.3, 0.4) is 0 Å². The molecule has 0 radical (unpaired) electrons. The van der Waals surface area contributed by atoms with Crippen LogP contribution >= 0.6 is 0 Å². The Morgan fingerprint density at radius 3 is 2.94 bits per heavy atom. The molecule has 96 valence electrons. The van der Waals surface area contributed by atoms with Crippen LogP contribution in [-0.4, -0.2) is 21.8 Å². The van der Waals surface area contributed by atoms with Gasteiger partial charge < -0.3 is 15.0 Å². The molecule has 0 amide bonds. The van der Waals surface area contributed by atoms with Crippen molar-refractivity contribution in [3.8, 4) is 0 Å². The van der Waals surface area contributed by atoms with Crippen molar-refractivity contribution in [2.45, 2.75) is 45.0 Å². The molecule has 1 aliphatic carbocycles. The van der Waals surface area contributed by atoms with Crippen molar-refractivity contribution in [1.82, 2.24) is 9.88 Å². The number of nitrogens with zero attached hydrogens (tertiary/aromatic N) is 1. The molecule has 3 nitrogen and oxygen atoms in total. The smallest absolute Gasteiger partial charge is 0.0691 e. The number of aromatic nitrogens is 1. The summed E-state index contributed by atoms with van der Waals surface area (Å²) in [5.74, 6) is 0. The zero-order chi connectivity index (χ0) is 12.5. The predicted octanol–water partition coefficient (Wildman–Crippen LogP) is 2.27. The van der Waals surface area contributed by atoms with E-state index in [4.69, 9.17) is 0 Å². The fourth-order valence-corrected chi connectivity index (χ4v) is 2.33. The standard InChI is InChI=1S/C15H20N2O/c1-11(18)10-17-7-6-13-3-2-12(8-15(13)17)9-16-14-4-5-14/h2-3,6-8,11,14,16,18H,4-5,9-10H2,1H3. The first-order valence-electron chi connectivity index (χ1n) is 6.71. The molecule has 0 spiro atoms. The van der Waals surface area contributed by atoms with Gasteiger partial charge in [-0.25, -0.2) is 0 Å². The molecular formula is C15H20N2O. The SMILES string of the molecule is CC(O)Cn1ccc2ccc(CNC3CC3)cc21. The first kappa shape index (κ1) is 11.8. The largest absolute Gasteiger partial charge is 0.392 e. The average molecular weight is 244 g/mol. The number of hydrogen-bond donors (Lipinski definition) is 2. The molecule has 2 aromatic rings. The predicted molar refractivity (Wildman–Crippen MR) is 73.5 cm³/mol. The quantitative estimate of drug-likeness (QED) is 0.846. The Morgan fingerprint density at radius 2 is 2.22 bits per heavy atom. The molecule has 1 aliphatic rings. The van der Waals surface area contributed by atoms with Crippen molar-refractivity contribution < 1.29 is 5.11 Å². The van der Waals surface area contributed by atoms with Crippen molar-refractivity contribution in [3.63, 3.8) is 0 Å². The topological polar surface area (TPSA) is 37.2 Å². The van der Waals surface area contributed by atoms with Crippen LogP contribution in [0.4, 0.5) is 0 Å². The van der Waals surface area contributed by atoms with Gasteiger partial charge in [-0.15, -0.1) is 0 Å². The molecule has 1 fully saturated rings. The van der Waals surface area contributed by atoms with E-state index in [2.05, 4.69) is 40.3 Å². The van der Waals surface area contributed by atoms with Crippen molar-refractivity contribution in [2.24, 2.45) is 0 Å². The van der Waals surface area contributed by atoms with Crippen molar-refractivity contribution in [2.75, 3.05) is 0 Å². The Bertz CT molecular complexity index is 540. The molecule has 18 heavy (non-hydrogen) atoms. The third kappa shape index (κ3) is 2.57. The lowest BCUT2D eigenvalue weighted by Crippen LogP contribution is -2.15. The van der Waals surface area contributed by atoms with Gasteiger partial charge >= 0.3 is 0 Å². The number of aliphatic hydroxyl groups is 1. The summed E-state index contributed by atoms with van der Waals surface area (Å²) in [5.41, 5.74) is 2.53. The first-order valence-corrected chi connectivity index (χ1v) is 6.71. The van der Waals surface area contributed by atoms with E-state index < -0.39 is 0 Å². The van der Waals surface area contributed by atoms with E-state index in [1.54, 1.807) is 0 Å². The second kappa shape index (κ2) is 4.75. The number of aliphatic hydroxyl groups excluding tert-OH is 1. The molecule has 1 heterocycles. The summed E-state index contributed by atoms with van der Waals surface area (Å²) >= 11 is 0. The molecule has 1 saturated carbocycles. The highest BCUT2D eigenvalue weighted by atomic mass is 16.3. The molecular weight excluding hydrogens is 224 g/mol. The third-order valence-corrected chi connectivity index (χ3v) is 3.47. The van der Waals surface area contributed by atoms with E-state index in [-0.39, 0.29) is 6.10 Å². The number of rotatable bonds is 5. The van der Waals surface area contributed by atoms with Gasteiger partial charge in [-0.2, -0.15) is 0 Å². The maximum absolute atomic E-state index is 9.50. The summed E-state index contributed by atoms with van der Waals surface area (Å²) in [6.07, 6.45) is 4.38. The highest BCUT2D eigenvalue weighted by molar-refractivity contribution is 5.80. The highest BCUT2D eigenvalue weighted by Crippen LogP contribution is 2.21. The lowest BCUT2D eigenvalue weighted by molar-refractivity contribution is 0.175. The van der Waals surface area contributed by atoms with Gasteiger partial charge in [0.25, 0.3) is 0 Å². The lowest BCUT2D eigenvalue weighted by atomic mass is 10.1. The maximum Gasteiger partial charge on any atom is 0.0691 e. The Hall–Kier alpha value is -1.32. The third-order valence-electron chi connectivity index (χ3n) is 3.47. The van der Waals surface area contributed by atoms with E-state index in [0.717, 1.165) is 12.6 Å². The molecule has 1 aromatic carbocycles. The van der Waals surface area contributed by atoms with E-state index in [1.165, 1.54) is 29.3 Å². The molecule has 2 N–H and O–H groups in total. The van der Waals surface area contributed by atoms with Crippen LogP contribution in [0, 0.1) is 0 Å². The van der Waals surface area contributed by atoms with Gasteiger partial charge in [0.15, 0.2) is 0 Å². The van der Waals surface area contributed by atoms with E-state index in [0.29, 0.717) is 6.54 Å². The lowest BCUT2D eigenvalue weighted by Gasteiger charge is -2.09. The fourth-order valence-electron chi connectivity index (χ4n) is 2.33. The molecule has 1 atom stereocenters. The van der Waals surface area contributed by atoms with E-state index in [1.807, 2.05) is 6.92 Å². The van der Waals surface area contributed by atoms with Crippen LogP contribution in [0.5, 0.6) is 0 Å². The summed E-state index contributed by atoms with van der Waals surface area (Å²) in [6.45, 7) is 3.42. The van der Waals surface area contributed by atoms with Gasteiger partial charge in [-0.05, 0) is 42.8 Å². The van der Waals surface area contributed by atoms with Crippen molar-refractivity contribution in [1.29, 1.82) is 0 Å². The van der Waals surface area contributed by atoms with E-state index in [9.17, 15) is 5.11 Å². The minimum atomic E-state index is -0.311. The van der Waals surface area contributed by atoms with Crippen LogP contribution in [-0.2, 0) is 13.1 Å². The summed E-state index contributed by atoms with van der Waals surface area (Å²) in [5, 5.41) is 14.3. The van der Waals surface area contributed by atoms with Crippen LogP contribution in [0.2, 0.25) is 0 Å². The summed E-state index contributed by atoms with van der Waals surface area (Å²) in [7, 11) is 0. The fraction of sp³-hybridized carbons (Fsp3) is 0.467. The minimum Gasteiger partial charge on any atom is -0.392 e. The van der Waals surface area contributed by atoms with Crippen LogP contribution in [0.15, 0.2) is 30.5 Å². The molecule has 0 aliphatic heterocycles. The molecule has 1 unspecified atom stereocenters. The van der Waals surface area contributed by atoms with E-state index >= 15 is 0 Å². The molecule has 0 bridgehead atoms. The number of hydrogen-bond acceptors (Lipinski definition) is 2. The second-order valence-corrected chi connectivity index (χ2v) is 5.37.